The molecule has 1 atom stereocenters. The van der Waals surface area contributed by atoms with Crippen LogP contribution in [0.4, 0.5) is 5.69 Å². The summed E-state index contributed by atoms with van der Waals surface area (Å²) in [5.41, 5.74) is 2.47. The summed E-state index contributed by atoms with van der Waals surface area (Å²) in [7, 11) is 0. The van der Waals surface area contributed by atoms with Crippen LogP contribution in [0.3, 0.4) is 0 Å². The molecular weight excluding hydrogens is 212 g/mol. The monoisotopic (exact) mass is 232 g/mol. The van der Waals surface area contributed by atoms with Crippen molar-refractivity contribution in [3.8, 4) is 6.07 Å². The molecule has 3 nitrogen and oxygen atoms in total. The third-order valence-corrected chi connectivity index (χ3v) is 2.85. The molecule has 0 saturated carbocycles. The number of rotatable bonds is 3. The summed E-state index contributed by atoms with van der Waals surface area (Å²) in [5, 5.41) is 22.0. The van der Waals surface area contributed by atoms with Crippen molar-refractivity contribution >= 4 is 5.69 Å². The van der Waals surface area contributed by atoms with E-state index in [1.165, 1.54) is 0 Å². The Bertz CT molecular complexity index is 427. The van der Waals surface area contributed by atoms with E-state index in [1.807, 2.05) is 39.8 Å². The fourth-order valence-electron chi connectivity index (χ4n) is 1.39. The summed E-state index contributed by atoms with van der Waals surface area (Å²) in [6.45, 7) is 8.46. The number of aliphatic hydroxyl groups excluding tert-OH is 1. The van der Waals surface area contributed by atoms with Crippen molar-refractivity contribution in [3.63, 3.8) is 0 Å². The highest BCUT2D eigenvalue weighted by molar-refractivity contribution is 5.55. The number of nitrogens with one attached hydrogen (secondary N) is 1. The van der Waals surface area contributed by atoms with E-state index >= 15 is 0 Å². The minimum atomic E-state index is -0.423. The standard InChI is InChI=1S/C14H20N2O/c1-10-5-6-11(8-15)7-12(10)16-9-13(17)14(2,3)4/h5-7,13,16-17H,9H2,1-4H3. The molecule has 0 spiro atoms. The molecule has 0 saturated heterocycles. The normalized spacial score (nSPS) is 12.9. The van der Waals surface area contributed by atoms with E-state index in [0.717, 1.165) is 11.3 Å². The molecule has 3 heteroatoms. The van der Waals surface area contributed by atoms with E-state index in [2.05, 4.69) is 11.4 Å². The van der Waals surface area contributed by atoms with Crippen molar-refractivity contribution in [1.82, 2.24) is 0 Å². The molecule has 0 heterocycles. The summed E-state index contributed by atoms with van der Waals surface area (Å²) >= 11 is 0. The lowest BCUT2D eigenvalue weighted by atomic mass is 9.89. The summed E-state index contributed by atoms with van der Waals surface area (Å²) in [5.74, 6) is 0. The number of anilines is 1. The van der Waals surface area contributed by atoms with E-state index in [0.29, 0.717) is 12.1 Å². The molecule has 0 aromatic heterocycles. The molecular formula is C14H20N2O. The van der Waals surface area contributed by atoms with Gasteiger partial charge in [-0.25, -0.2) is 0 Å². The quantitative estimate of drug-likeness (QED) is 0.842. The molecule has 0 amide bonds. The Morgan fingerprint density at radius 3 is 2.59 bits per heavy atom. The zero-order chi connectivity index (χ0) is 13.1. The van der Waals surface area contributed by atoms with Crippen molar-refractivity contribution < 1.29 is 5.11 Å². The van der Waals surface area contributed by atoms with Crippen LogP contribution in [0.2, 0.25) is 0 Å². The van der Waals surface area contributed by atoms with Crippen LogP contribution in [0.15, 0.2) is 18.2 Å². The first-order chi connectivity index (χ1) is 7.84. The zero-order valence-corrected chi connectivity index (χ0v) is 10.9. The Hall–Kier alpha value is -1.53. The van der Waals surface area contributed by atoms with E-state index in [4.69, 9.17) is 5.26 Å². The van der Waals surface area contributed by atoms with Crippen molar-refractivity contribution in [2.75, 3.05) is 11.9 Å². The molecule has 0 aliphatic carbocycles. The topological polar surface area (TPSA) is 56.0 Å². The van der Waals surface area contributed by atoms with Gasteiger partial charge in [0.1, 0.15) is 0 Å². The van der Waals surface area contributed by atoms with E-state index in [9.17, 15) is 5.11 Å². The van der Waals surface area contributed by atoms with Gasteiger partial charge in [0.05, 0.1) is 17.7 Å². The number of hydrogen-bond acceptors (Lipinski definition) is 3. The second-order valence-electron chi connectivity index (χ2n) is 5.40. The van der Waals surface area contributed by atoms with Crippen LogP contribution in [0.1, 0.15) is 31.9 Å². The predicted octanol–water partition coefficient (Wildman–Crippen LogP) is 2.69. The molecule has 0 radical (unpaired) electrons. The summed E-state index contributed by atoms with van der Waals surface area (Å²) < 4.78 is 0. The predicted molar refractivity (Wildman–Crippen MR) is 69.8 cm³/mol. The van der Waals surface area contributed by atoms with Gasteiger partial charge in [-0.1, -0.05) is 26.8 Å². The minimum absolute atomic E-state index is 0.145. The lowest BCUT2D eigenvalue weighted by molar-refractivity contribution is 0.0746. The Morgan fingerprint density at radius 2 is 2.06 bits per heavy atom. The van der Waals surface area contributed by atoms with Crippen molar-refractivity contribution in [2.45, 2.75) is 33.8 Å². The fourth-order valence-corrected chi connectivity index (χ4v) is 1.39. The fraction of sp³-hybridized carbons (Fsp3) is 0.500. The van der Waals surface area contributed by atoms with Crippen LogP contribution in [0.25, 0.3) is 0 Å². The van der Waals surface area contributed by atoms with Gasteiger partial charge in [-0.2, -0.15) is 5.26 Å². The van der Waals surface area contributed by atoms with Crippen LogP contribution in [0, 0.1) is 23.7 Å². The summed E-state index contributed by atoms with van der Waals surface area (Å²) in [4.78, 5) is 0. The summed E-state index contributed by atoms with van der Waals surface area (Å²) in [6, 6.07) is 7.62. The highest BCUT2D eigenvalue weighted by Gasteiger charge is 2.21. The molecule has 0 aliphatic heterocycles. The first kappa shape index (κ1) is 13.5. The van der Waals surface area contributed by atoms with Gasteiger partial charge in [-0.3, -0.25) is 0 Å². The number of benzene rings is 1. The van der Waals surface area contributed by atoms with Gasteiger partial charge < -0.3 is 10.4 Å². The van der Waals surface area contributed by atoms with Crippen molar-refractivity contribution in [1.29, 1.82) is 5.26 Å². The Morgan fingerprint density at radius 1 is 1.41 bits per heavy atom. The zero-order valence-electron chi connectivity index (χ0n) is 10.9. The van der Waals surface area contributed by atoms with Gasteiger partial charge in [0.15, 0.2) is 0 Å². The average molecular weight is 232 g/mol. The number of hydrogen-bond donors (Lipinski definition) is 2. The molecule has 1 unspecified atom stereocenters. The molecule has 0 bridgehead atoms. The van der Waals surface area contributed by atoms with Crippen LogP contribution in [0.5, 0.6) is 0 Å². The number of aryl methyl sites for hydroxylation is 1. The van der Waals surface area contributed by atoms with Gasteiger partial charge in [-0.15, -0.1) is 0 Å². The molecule has 1 rings (SSSR count). The number of aliphatic hydroxyl groups is 1. The molecule has 17 heavy (non-hydrogen) atoms. The Balaban J connectivity index is 2.73. The van der Waals surface area contributed by atoms with E-state index < -0.39 is 6.10 Å². The van der Waals surface area contributed by atoms with E-state index in [-0.39, 0.29) is 5.41 Å². The highest BCUT2D eigenvalue weighted by Crippen LogP contribution is 2.21. The minimum Gasteiger partial charge on any atom is -0.391 e. The second kappa shape index (κ2) is 5.20. The van der Waals surface area contributed by atoms with Gasteiger partial charge >= 0.3 is 0 Å². The third-order valence-electron chi connectivity index (χ3n) is 2.85. The average Bonchev–Trinajstić information content (AvgIpc) is 2.26. The van der Waals surface area contributed by atoms with Crippen LogP contribution >= 0.6 is 0 Å². The summed E-state index contributed by atoms with van der Waals surface area (Å²) in [6.07, 6.45) is -0.423. The largest absolute Gasteiger partial charge is 0.391 e. The smallest absolute Gasteiger partial charge is 0.0992 e. The Kier molecular flexibility index (Phi) is 4.14. The van der Waals surface area contributed by atoms with Gasteiger partial charge in [0.25, 0.3) is 0 Å². The second-order valence-corrected chi connectivity index (χ2v) is 5.40. The Labute approximate surface area is 103 Å². The van der Waals surface area contributed by atoms with Crippen LogP contribution in [-0.2, 0) is 0 Å². The maximum Gasteiger partial charge on any atom is 0.0992 e. The SMILES string of the molecule is Cc1ccc(C#N)cc1NCC(O)C(C)(C)C. The molecule has 0 aliphatic rings. The molecule has 1 aromatic rings. The van der Waals surface area contributed by atoms with Gasteiger partial charge in [-0.05, 0) is 30.0 Å². The number of nitriles is 1. The first-order valence-corrected chi connectivity index (χ1v) is 5.77. The molecule has 92 valence electrons. The van der Waals surface area contributed by atoms with E-state index in [1.54, 1.807) is 6.07 Å². The molecule has 0 fully saturated rings. The molecule has 2 N–H and O–H groups in total. The number of nitrogens with zero attached hydrogens (tertiary/aromatic N) is 1. The lowest BCUT2D eigenvalue weighted by Crippen LogP contribution is -2.33. The van der Waals surface area contributed by atoms with Gasteiger partial charge in [0, 0.05) is 12.2 Å². The van der Waals surface area contributed by atoms with Crippen molar-refractivity contribution in [3.05, 3.63) is 29.3 Å². The highest BCUT2D eigenvalue weighted by atomic mass is 16.3. The molecule has 1 aromatic carbocycles. The maximum atomic E-state index is 9.94. The first-order valence-electron chi connectivity index (χ1n) is 5.77. The maximum absolute atomic E-state index is 9.94. The lowest BCUT2D eigenvalue weighted by Gasteiger charge is -2.26. The van der Waals surface area contributed by atoms with Crippen LogP contribution < -0.4 is 5.32 Å². The van der Waals surface area contributed by atoms with Crippen molar-refractivity contribution in [2.24, 2.45) is 5.41 Å². The van der Waals surface area contributed by atoms with Gasteiger partial charge in [0.2, 0.25) is 0 Å². The third kappa shape index (κ3) is 3.76. The van der Waals surface area contributed by atoms with Crippen LogP contribution in [-0.4, -0.2) is 17.8 Å².